The molecule has 1 aliphatic carbocycles. The first-order valence-electron chi connectivity index (χ1n) is 11.9. The first-order chi connectivity index (χ1) is 12.8. The lowest BCUT2D eigenvalue weighted by Gasteiger charge is -2.20. The molecule has 1 atom stereocenters. The van der Waals surface area contributed by atoms with Crippen molar-refractivity contribution in [3.05, 3.63) is 0 Å². The highest BCUT2D eigenvalue weighted by atomic mass is 16.5. The topological polar surface area (TPSA) is 26.3 Å². The Morgan fingerprint density at radius 3 is 1.77 bits per heavy atom. The van der Waals surface area contributed by atoms with Crippen molar-refractivity contribution in [3.63, 3.8) is 0 Å². The Morgan fingerprint density at radius 1 is 0.769 bits per heavy atom. The second kappa shape index (κ2) is 18.0. The highest BCUT2D eigenvalue weighted by Crippen LogP contribution is 2.21. The van der Waals surface area contributed by atoms with Gasteiger partial charge in [-0.2, -0.15) is 0 Å². The fourth-order valence-electron chi connectivity index (χ4n) is 4.08. The van der Waals surface area contributed by atoms with E-state index in [1.54, 1.807) is 0 Å². The molecule has 0 aromatic heterocycles. The molecule has 1 unspecified atom stereocenters. The van der Waals surface area contributed by atoms with Gasteiger partial charge in [-0.15, -0.1) is 0 Å². The van der Waals surface area contributed by atoms with Gasteiger partial charge >= 0.3 is 0 Å². The van der Waals surface area contributed by atoms with Gasteiger partial charge in [-0.3, -0.25) is 4.79 Å². The zero-order valence-electron chi connectivity index (χ0n) is 17.7. The van der Waals surface area contributed by atoms with E-state index in [1.807, 2.05) is 0 Å². The molecule has 0 aliphatic heterocycles. The number of hydrogen-bond donors (Lipinski definition) is 0. The molecule has 0 aromatic carbocycles. The number of carbonyl (C=O) groups is 1. The lowest BCUT2D eigenvalue weighted by molar-refractivity contribution is -0.122. The second-order valence-corrected chi connectivity index (χ2v) is 8.53. The molecule has 0 aromatic rings. The normalized spacial score (nSPS) is 17.7. The maximum Gasteiger partial charge on any atom is 0.133 e. The predicted octanol–water partition coefficient (Wildman–Crippen LogP) is 7.63. The fraction of sp³-hybridized carbons (Fsp3) is 0.958. The maximum atomic E-state index is 11.4. The number of Topliss-reactive ketones (excluding diaryl/α,β-unsaturated/α-hetero) is 1. The van der Waals surface area contributed by atoms with Gasteiger partial charge in [-0.1, -0.05) is 96.8 Å². The molecular weight excluding hydrogens is 320 g/mol. The van der Waals surface area contributed by atoms with Crippen LogP contribution in [-0.4, -0.2) is 19.0 Å². The zero-order valence-corrected chi connectivity index (χ0v) is 17.7. The highest BCUT2D eigenvalue weighted by molar-refractivity contribution is 5.79. The summed E-state index contributed by atoms with van der Waals surface area (Å²) in [6.07, 6.45) is 24.9. The Labute approximate surface area is 163 Å². The minimum Gasteiger partial charge on any atom is -0.381 e. The lowest BCUT2D eigenvalue weighted by atomic mass is 9.89. The van der Waals surface area contributed by atoms with E-state index in [0.29, 0.717) is 11.7 Å². The third kappa shape index (κ3) is 14.8. The molecule has 1 saturated carbocycles. The maximum absolute atomic E-state index is 11.4. The molecule has 2 nitrogen and oxygen atoms in total. The summed E-state index contributed by atoms with van der Waals surface area (Å²) in [5.41, 5.74) is 0. The summed E-state index contributed by atoms with van der Waals surface area (Å²) in [6.45, 7) is 3.99. The number of hydrogen-bond acceptors (Lipinski definition) is 2. The molecule has 0 amide bonds. The summed E-state index contributed by atoms with van der Waals surface area (Å²) in [6, 6.07) is 0. The van der Waals surface area contributed by atoms with Gasteiger partial charge < -0.3 is 4.74 Å². The van der Waals surface area contributed by atoms with Crippen LogP contribution in [0.3, 0.4) is 0 Å². The summed E-state index contributed by atoms with van der Waals surface area (Å²) >= 11 is 0. The minimum atomic E-state index is 0.442. The molecule has 0 bridgehead atoms. The van der Waals surface area contributed by atoms with Gasteiger partial charge in [-0.05, 0) is 25.2 Å². The number of ketones is 1. The Hall–Kier alpha value is -0.370. The van der Waals surface area contributed by atoms with Crippen LogP contribution in [0, 0.1) is 5.92 Å². The van der Waals surface area contributed by atoms with Crippen molar-refractivity contribution < 1.29 is 9.53 Å². The van der Waals surface area contributed by atoms with Crippen LogP contribution in [0.5, 0.6) is 0 Å². The summed E-state index contributed by atoms with van der Waals surface area (Å²) in [5.74, 6) is 0.949. The molecule has 1 aliphatic rings. The van der Waals surface area contributed by atoms with Gasteiger partial charge in [0.15, 0.2) is 0 Å². The molecule has 1 rings (SSSR count). The van der Waals surface area contributed by atoms with Gasteiger partial charge in [0.1, 0.15) is 5.78 Å². The molecular formula is C24H46O2. The van der Waals surface area contributed by atoms with Crippen molar-refractivity contribution in [2.75, 3.05) is 13.2 Å². The van der Waals surface area contributed by atoms with Crippen molar-refractivity contribution in [2.45, 2.75) is 129 Å². The van der Waals surface area contributed by atoms with Crippen LogP contribution >= 0.6 is 0 Å². The van der Waals surface area contributed by atoms with Gasteiger partial charge in [0.05, 0.1) is 0 Å². The first kappa shape index (κ1) is 23.7. The van der Waals surface area contributed by atoms with E-state index < -0.39 is 0 Å². The molecule has 0 spiro atoms. The summed E-state index contributed by atoms with van der Waals surface area (Å²) in [7, 11) is 0. The Bertz CT molecular complexity index is 313. The Kier molecular flexibility index (Phi) is 16.4. The second-order valence-electron chi connectivity index (χ2n) is 8.53. The van der Waals surface area contributed by atoms with Crippen LogP contribution in [0.4, 0.5) is 0 Å². The van der Waals surface area contributed by atoms with Crippen LogP contribution < -0.4 is 0 Å². The molecule has 154 valence electrons. The molecule has 0 heterocycles. The average Bonchev–Trinajstić information content (AvgIpc) is 2.64. The number of ether oxygens (including phenoxy) is 1. The number of rotatable bonds is 18. The van der Waals surface area contributed by atoms with Gasteiger partial charge in [0, 0.05) is 26.1 Å². The van der Waals surface area contributed by atoms with E-state index in [4.69, 9.17) is 4.74 Å². The van der Waals surface area contributed by atoms with Gasteiger partial charge in [-0.25, -0.2) is 0 Å². The van der Waals surface area contributed by atoms with Crippen molar-refractivity contribution in [3.8, 4) is 0 Å². The van der Waals surface area contributed by atoms with Crippen LogP contribution in [0.2, 0.25) is 0 Å². The third-order valence-corrected chi connectivity index (χ3v) is 5.83. The van der Waals surface area contributed by atoms with Crippen molar-refractivity contribution in [1.82, 2.24) is 0 Å². The summed E-state index contributed by atoms with van der Waals surface area (Å²) in [4.78, 5) is 11.4. The van der Waals surface area contributed by atoms with E-state index in [2.05, 4.69) is 6.92 Å². The van der Waals surface area contributed by atoms with Crippen LogP contribution in [0.1, 0.15) is 129 Å². The van der Waals surface area contributed by atoms with E-state index in [1.165, 1.54) is 103 Å². The summed E-state index contributed by atoms with van der Waals surface area (Å²) < 4.78 is 5.78. The van der Waals surface area contributed by atoms with Crippen LogP contribution in [0.25, 0.3) is 0 Å². The quantitative estimate of drug-likeness (QED) is 0.233. The highest BCUT2D eigenvalue weighted by Gasteiger charge is 2.19. The third-order valence-electron chi connectivity index (χ3n) is 5.83. The fourth-order valence-corrected chi connectivity index (χ4v) is 4.08. The SMILES string of the molecule is CCCCCCCCCCCCCCCCCOCC1CCCC(=O)C1. The summed E-state index contributed by atoms with van der Waals surface area (Å²) in [5, 5.41) is 0. The minimum absolute atomic E-state index is 0.442. The number of unbranched alkanes of at least 4 members (excludes halogenated alkanes) is 14. The number of carbonyl (C=O) groups excluding carboxylic acids is 1. The smallest absolute Gasteiger partial charge is 0.133 e. The van der Waals surface area contributed by atoms with E-state index in [0.717, 1.165) is 32.5 Å². The van der Waals surface area contributed by atoms with Crippen molar-refractivity contribution >= 4 is 5.78 Å². The van der Waals surface area contributed by atoms with Crippen molar-refractivity contribution in [2.24, 2.45) is 5.92 Å². The molecule has 1 fully saturated rings. The van der Waals surface area contributed by atoms with E-state index in [9.17, 15) is 4.79 Å². The Balaban J connectivity index is 1.69. The molecule has 0 saturated heterocycles. The van der Waals surface area contributed by atoms with Crippen LogP contribution in [-0.2, 0) is 9.53 Å². The molecule has 2 heteroatoms. The Morgan fingerprint density at radius 2 is 1.27 bits per heavy atom. The molecule has 26 heavy (non-hydrogen) atoms. The lowest BCUT2D eigenvalue weighted by Crippen LogP contribution is -2.19. The average molecular weight is 367 g/mol. The van der Waals surface area contributed by atoms with Crippen molar-refractivity contribution in [1.29, 1.82) is 0 Å². The van der Waals surface area contributed by atoms with Gasteiger partial charge in [0.2, 0.25) is 0 Å². The largest absolute Gasteiger partial charge is 0.381 e. The van der Waals surface area contributed by atoms with Gasteiger partial charge in [0.25, 0.3) is 0 Å². The molecule has 0 radical (unpaired) electrons. The predicted molar refractivity (Wildman–Crippen MR) is 113 cm³/mol. The standard InChI is InChI=1S/C24H46O2/c1-2-3-4-5-6-7-8-9-10-11-12-13-14-15-16-20-26-22-23-18-17-19-24(25)21-23/h23H,2-22H2,1H3. The molecule has 0 N–H and O–H groups in total. The monoisotopic (exact) mass is 366 g/mol. The first-order valence-corrected chi connectivity index (χ1v) is 11.9. The zero-order chi connectivity index (χ0) is 18.7. The van der Waals surface area contributed by atoms with E-state index >= 15 is 0 Å². The van der Waals surface area contributed by atoms with E-state index in [-0.39, 0.29) is 0 Å². The van der Waals surface area contributed by atoms with Crippen LogP contribution in [0.15, 0.2) is 0 Å².